The largest absolute Gasteiger partial charge is 0.509 e. The maximum atomic E-state index is 10.5. The predicted octanol–water partition coefficient (Wildman–Crippen LogP) is 0.459. The molecule has 4 nitrogen and oxygen atoms in total. The molecule has 1 fully saturated rings. The summed E-state index contributed by atoms with van der Waals surface area (Å²) in [6.07, 6.45) is 1.73. The van der Waals surface area contributed by atoms with Gasteiger partial charge in [-0.15, -0.1) is 0 Å². The van der Waals surface area contributed by atoms with E-state index in [1.807, 2.05) is 0 Å². The monoisotopic (exact) mass is 158 g/mol. The molecule has 62 valence electrons. The van der Waals surface area contributed by atoms with Gasteiger partial charge in [0.15, 0.2) is 12.2 Å². The highest BCUT2D eigenvalue weighted by Gasteiger charge is 2.33. The van der Waals surface area contributed by atoms with Crippen molar-refractivity contribution in [1.29, 1.82) is 0 Å². The first-order chi connectivity index (χ1) is 5.27. The van der Waals surface area contributed by atoms with Gasteiger partial charge < -0.3 is 14.6 Å². The van der Waals surface area contributed by atoms with E-state index in [1.165, 1.54) is 0 Å². The van der Waals surface area contributed by atoms with Gasteiger partial charge in [-0.2, -0.15) is 0 Å². The van der Waals surface area contributed by atoms with E-state index in [0.717, 1.165) is 0 Å². The summed E-state index contributed by atoms with van der Waals surface area (Å²) in [6.45, 7) is 1.60. The summed E-state index contributed by atoms with van der Waals surface area (Å²) >= 11 is 0. The highest BCUT2D eigenvalue weighted by atomic mass is 16.8. The number of hydrogen-bond acceptors (Lipinski definition) is 4. The zero-order chi connectivity index (χ0) is 8.27. The molecule has 0 saturated carbocycles. The standard InChI is InChI=1S/C7H10O4/c1-2-3-5-6(4-8)11-7(9)10-5/h2-3,5-6,8H,4H2,1H3/b3-2+/t5-,6-/m0/s1. The number of ether oxygens (including phenoxy) is 2. The van der Waals surface area contributed by atoms with Crippen LogP contribution in [0.4, 0.5) is 4.79 Å². The van der Waals surface area contributed by atoms with Crippen LogP contribution in [0.5, 0.6) is 0 Å². The SMILES string of the molecule is C/C=C/[C@@H]1OC(=O)O[C@H]1CO. The van der Waals surface area contributed by atoms with Crippen molar-refractivity contribution in [1.82, 2.24) is 0 Å². The molecule has 1 heterocycles. The summed E-state index contributed by atoms with van der Waals surface area (Å²) < 4.78 is 9.31. The first-order valence-corrected chi connectivity index (χ1v) is 3.39. The Labute approximate surface area is 64.4 Å². The highest BCUT2D eigenvalue weighted by molar-refractivity contribution is 5.63. The van der Waals surface area contributed by atoms with E-state index in [0.29, 0.717) is 0 Å². The van der Waals surface area contributed by atoms with Crippen LogP contribution in [0.3, 0.4) is 0 Å². The van der Waals surface area contributed by atoms with Crippen molar-refractivity contribution in [2.45, 2.75) is 19.1 Å². The Morgan fingerprint density at radius 2 is 2.36 bits per heavy atom. The molecule has 0 aromatic carbocycles. The molecule has 0 unspecified atom stereocenters. The lowest BCUT2D eigenvalue weighted by Gasteiger charge is -2.06. The molecule has 4 heteroatoms. The normalized spacial score (nSPS) is 30.5. The molecule has 0 amide bonds. The molecule has 11 heavy (non-hydrogen) atoms. The number of cyclic esters (lactones) is 2. The minimum atomic E-state index is -0.716. The van der Waals surface area contributed by atoms with Crippen LogP contribution in [0, 0.1) is 0 Å². The van der Waals surface area contributed by atoms with Crippen molar-refractivity contribution in [3.8, 4) is 0 Å². The fourth-order valence-corrected chi connectivity index (χ4v) is 0.899. The maximum Gasteiger partial charge on any atom is 0.509 e. The van der Waals surface area contributed by atoms with Gasteiger partial charge in [-0.05, 0) is 13.0 Å². The van der Waals surface area contributed by atoms with Crippen LogP contribution in [0.15, 0.2) is 12.2 Å². The van der Waals surface area contributed by atoms with Gasteiger partial charge in [-0.1, -0.05) is 6.08 Å². The van der Waals surface area contributed by atoms with E-state index in [1.54, 1.807) is 19.1 Å². The smallest absolute Gasteiger partial charge is 0.424 e. The zero-order valence-corrected chi connectivity index (χ0v) is 6.19. The molecule has 0 aromatic heterocycles. The van der Waals surface area contributed by atoms with Gasteiger partial charge in [0.05, 0.1) is 6.61 Å². The molecule has 1 aliphatic heterocycles. The van der Waals surface area contributed by atoms with Crippen molar-refractivity contribution < 1.29 is 19.4 Å². The average molecular weight is 158 g/mol. The lowest BCUT2D eigenvalue weighted by molar-refractivity contribution is 0.0884. The van der Waals surface area contributed by atoms with E-state index in [9.17, 15) is 4.79 Å². The quantitative estimate of drug-likeness (QED) is 0.468. The van der Waals surface area contributed by atoms with Gasteiger partial charge in [0.25, 0.3) is 0 Å². The van der Waals surface area contributed by atoms with E-state index in [4.69, 9.17) is 9.84 Å². The Kier molecular flexibility index (Phi) is 2.48. The Morgan fingerprint density at radius 1 is 1.64 bits per heavy atom. The molecule has 0 radical (unpaired) electrons. The fourth-order valence-electron chi connectivity index (χ4n) is 0.899. The summed E-state index contributed by atoms with van der Waals surface area (Å²) in [7, 11) is 0. The second kappa shape index (κ2) is 3.39. The molecule has 0 bridgehead atoms. The van der Waals surface area contributed by atoms with E-state index in [-0.39, 0.29) is 6.61 Å². The second-order valence-electron chi connectivity index (χ2n) is 2.20. The number of hydrogen-bond donors (Lipinski definition) is 1. The second-order valence-corrected chi connectivity index (χ2v) is 2.20. The average Bonchev–Trinajstić information content (AvgIpc) is 2.32. The highest BCUT2D eigenvalue weighted by Crippen LogP contribution is 2.15. The van der Waals surface area contributed by atoms with Crippen molar-refractivity contribution >= 4 is 6.16 Å². The van der Waals surface area contributed by atoms with E-state index >= 15 is 0 Å². The number of carbonyl (C=O) groups excluding carboxylic acids is 1. The third kappa shape index (κ3) is 1.71. The Hall–Kier alpha value is -1.03. The van der Waals surface area contributed by atoms with Gasteiger partial charge in [0.2, 0.25) is 0 Å². The van der Waals surface area contributed by atoms with Crippen LogP contribution >= 0.6 is 0 Å². The lowest BCUT2D eigenvalue weighted by atomic mass is 10.2. The molecular formula is C7H10O4. The van der Waals surface area contributed by atoms with Gasteiger partial charge in [0, 0.05) is 0 Å². The fraction of sp³-hybridized carbons (Fsp3) is 0.571. The summed E-state index contributed by atoms with van der Waals surface area (Å²) in [5.74, 6) is 0. The minimum Gasteiger partial charge on any atom is -0.424 e. The van der Waals surface area contributed by atoms with Crippen LogP contribution in [-0.4, -0.2) is 30.1 Å². The summed E-state index contributed by atoms with van der Waals surface area (Å²) in [5.41, 5.74) is 0. The molecule has 0 aromatic rings. The van der Waals surface area contributed by atoms with E-state index in [2.05, 4.69) is 4.74 Å². The van der Waals surface area contributed by atoms with Gasteiger partial charge in [-0.25, -0.2) is 4.79 Å². The Morgan fingerprint density at radius 3 is 2.91 bits per heavy atom. The molecule has 0 spiro atoms. The molecule has 2 atom stereocenters. The number of rotatable bonds is 2. The Balaban J connectivity index is 2.57. The van der Waals surface area contributed by atoms with Crippen LogP contribution in [0.25, 0.3) is 0 Å². The summed E-state index contributed by atoms with van der Waals surface area (Å²) in [4.78, 5) is 10.5. The summed E-state index contributed by atoms with van der Waals surface area (Å²) in [6, 6.07) is 0. The number of carbonyl (C=O) groups is 1. The molecule has 1 N–H and O–H groups in total. The number of aliphatic hydroxyl groups is 1. The third-order valence-corrected chi connectivity index (χ3v) is 1.41. The van der Waals surface area contributed by atoms with Crippen LogP contribution in [-0.2, 0) is 9.47 Å². The maximum absolute atomic E-state index is 10.5. The predicted molar refractivity (Wildman–Crippen MR) is 37.0 cm³/mol. The minimum absolute atomic E-state index is 0.208. The lowest BCUT2D eigenvalue weighted by Crippen LogP contribution is -2.23. The van der Waals surface area contributed by atoms with Gasteiger partial charge in [0.1, 0.15) is 0 Å². The molecule has 1 saturated heterocycles. The van der Waals surface area contributed by atoms with Crippen molar-refractivity contribution in [3.63, 3.8) is 0 Å². The van der Waals surface area contributed by atoms with Crippen LogP contribution in [0.2, 0.25) is 0 Å². The first-order valence-electron chi connectivity index (χ1n) is 3.39. The van der Waals surface area contributed by atoms with Crippen LogP contribution < -0.4 is 0 Å². The first kappa shape index (κ1) is 8.07. The molecule has 1 rings (SSSR count). The molecule has 0 aliphatic carbocycles. The number of aliphatic hydroxyl groups excluding tert-OH is 1. The molecular weight excluding hydrogens is 148 g/mol. The zero-order valence-electron chi connectivity index (χ0n) is 6.19. The van der Waals surface area contributed by atoms with Crippen molar-refractivity contribution in [3.05, 3.63) is 12.2 Å². The number of allylic oxidation sites excluding steroid dienone is 1. The summed E-state index contributed by atoms with van der Waals surface area (Å²) in [5, 5.41) is 8.69. The van der Waals surface area contributed by atoms with Crippen molar-refractivity contribution in [2.24, 2.45) is 0 Å². The Bertz CT molecular complexity index is 175. The van der Waals surface area contributed by atoms with Gasteiger partial charge >= 0.3 is 6.16 Å². The molecule has 1 aliphatic rings. The van der Waals surface area contributed by atoms with Crippen molar-refractivity contribution in [2.75, 3.05) is 6.61 Å². The third-order valence-electron chi connectivity index (χ3n) is 1.41. The topological polar surface area (TPSA) is 55.8 Å². The van der Waals surface area contributed by atoms with Crippen LogP contribution in [0.1, 0.15) is 6.92 Å². The van der Waals surface area contributed by atoms with E-state index < -0.39 is 18.4 Å². The van der Waals surface area contributed by atoms with Gasteiger partial charge in [-0.3, -0.25) is 0 Å².